The van der Waals surface area contributed by atoms with Gasteiger partial charge in [-0.25, -0.2) is 0 Å². The summed E-state index contributed by atoms with van der Waals surface area (Å²) >= 11 is 0. The van der Waals surface area contributed by atoms with E-state index in [1.54, 1.807) is 6.92 Å². The van der Waals surface area contributed by atoms with Crippen molar-refractivity contribution in [1.29, 1.82) is 0 Å². The fourth-order valence-corrected chi connectivity index (χ4v) is 2.59. The van der Waals surface area contributed by atoms with Crippen molar-refractivity contribution in [1.82, 2.24) is 0 Å². The second kappa shape index (κ2) is 8.60. The third-order valence-corrected chi connectivity index (χ3v) is 4.13. The number of hydrogen-bond acceptors (Lipinski definition) is 3. The molecule has 0 N–H and O–H groups in total. The third kappa shape index (κ3) is 6.05. The zero-order valence-corrected chi connectivity index (χ0v) is 16.3. The maximum Gasteiger partial charge on any atom is 0.573 e. The molecule has 10 heteroatoms. The predicted octanol–water partition coefficient (Wildman–Crippen LogP) is 7.15. The number of ether oxygens (including phenoxy) is 3. The first-order valence-corrected chi connectivity index (χ1v) is 9.01. The first-order valence-electron chi connectivity index (χ1n) is 9.01. The molecule has 0 bridgehead atoms. The lowest BCUT2D eigenvalue weighted by molar-refractivity contribution is -0.274. The summed E-state index contributed by atoms with van der Waals surface area (Å²) < 4.78 is 107. The van der Waals surface area contributed by atoms with Gasteiger partial charge in [-0.3, -0.25) is 0 Å². The summed E-state index contributed by atoms with van der Waals surface area (Å²) in [5.41, 5.74) is -0.309. The molecule has 0 fully saturated rings. The van der Waals surface area contributed by atoms with Gasteiger partial charge in [0, 0.05) is 0 Å². The van der Waals surface area contributed by atoms with Gasteiger partial charge in [0.2, 0.25) is 0 Å². The normalized spacial score (nSPS) is 12.4. The van der Waals surface area contributed by atoms with Crippen molar-refractivity contribution >= 4 is 0 Å². The van der Waals surface area contributed by atoms with Crippen molar-refractivity contribution in [3.63, 3.8) is 0 Å². The molecule has 0 unspecified atom stereocenters. The van der Waals surface area contributed by atoms with Crippen LogP contribution in [0, 0.1) is 6.92 Å². The van der Waals surface area contributed by atoms with E-state index in [4.69, 9.17) is 0 Å². The van der Waals surface area contributed by atoms with Crippen LogP contribution in [0.5, 0.6) is 17.2 Å². The Hall–Kier alpha value is -3.43. The molecule has 0 aliphatic carbocycles. The number of rotatable bonds is 7. The molecule has 3 rings (SSSR count). The van der Waals surface area contributed by atoms with Gasteiger partial charge in [0.15, 0.2) is 0 Å². The maximum atomic E-state index is 14.4. The van der Waals surface area contributed by atoms with Gasteiger partial charge in [-0.1, -0.05) is 17.7 Å². The Bertz CT molecular complexity index is 1030. The van der Waals surface area contributed by atoms with Crippen LogP contribution >= 0.6 is 0 Å². The van der Waals surface area contributed by atoms with Gasteiger partial charge in [0.25, 0.3) is 0 Å². The lowest BCUT2D eigenvalue weighted by Crippen LogP contribution is -2.23. The van der Waals surface area contributed by atoms with E-state index in [0.717, 1.165) is 54.1 Å². The van der Waals surface area contributed by atoms with Crippen LogP contribution in [-0.4, -0.2) is 6.36 Å². The van der Waals surface area contributed by atoms with E-state index < -0.39 is 41.2 Å². The smallest absolute Gasteiger partial charge is 0.429 e. The monoisotopic (exact) mass is 460 g/mol. The minimum absolute atomic E-state index is 0.358. The van der Waals surface area contributed by atoms with Crippen LogP contribution in [0.3, 0.4) is 0 Å². The van der Waals surface area contributed by atoms with Crippen LogP contribution in [0.1, 0.15) is 16.7 Å². The molecule has 0 radical (unpaired) electrons. The highest BCUT2D eigenvalue weighted by molar-refractivity contribution is 5.34. The number of aryl methyl sites for hydroxylation is 1. The summed E-state index contributed by atoms with van der Waals surface area (Å²) in [6.45, 7) is 1.73. The maximum absolute atomic E-state index is 14.4. The van der Waals surface area contributed by atoms with Crippen LogP contribution in [0.4, 0.5) is 30.7 Å². The van der Waals surface area contributed by atoms with Gasteiger partial charge in [-0.15, -0.1) is 13.2 Å². The predicted molar refractivity (Wildman–Crippen MR) is 99.8 cm³/mol. The van der Waals surface area contributed by atoms with E-state index in [0.29, 0.717) is 0 Å². The molecule has 0 saturated carbocycles. The minimum Gasteiger partial charge on any atom is -0.429 e. The Morgan fingerprint density at radius 1 is 0.469 bits per heavy atom. The average molecular weight is 460 g/mol. The quantitative estimate of drug-likeness (QED) is 0.351. The van der Waals surface area contributed by atoms with Crippen molar-refractivity contribution < 1.29 is 44.9 Å². The van der Waals surface area contributed by atoms with Gasteiger partial charge in [0.1, 0.15) is 17.2 Å². The van der Waals surface area contributed by atoms with Gasteiger partial charge < -0.3 is 14.2 Å². The lowest BCUT2D eigenvalue weighted by Gasteiger charge is -2.20. The molecule has 0 aliphatic heterocycles. The zero-order chi connectivity index (χ0) is 23.6. The van der Waals surface area contributed by atoms with Crippen molar-refractivity contribution in [2.24, 2.45) is 0 Å². The molecule has 0 aromatic heterocycles. The molecular weight excluding hydrogens is 445 g/mol. The summed E-state index contributed by atoms with van der Waals surface area (Å²) in [5, 5.41) is 0. The fraction of sp³-hybridized carbons (Fsp3) is 0.182. The van der Waals surface area contributed by atoms with E-state index in [-0.39, 0.29) is 5.75 Å². The van der Waals surface area contributed by atoms with Crippen LogP contribution in [-0.2, 0) is 12.2 Å². The lowest BCUT2D eigenvalue weighted by atomic mass is 10.1. The molecule has 0 amide bonds. The van der Waals surface area contributed by atoms with Gasteiger partial charge in [0.05, 0.1) is 11.1 Å². The summed E-state index contributed by atoms with van der Waals surface area (Å²) in [4.78, 5) is 0. The number of hydrogen-bond donors (Lipinski definition) is 0. The highest BCUT2D eigenvalue weighted by atomic mass is 19.4. The number of benzene rings is 3. The van der Waals surface area contributed by atoms with Gasteiger partial charge in [-0.05, 0) is 67.6 Å². The zero-order valence-electron chi connectivity index (χ0n) is 16.3. The standard InChI is InChI=1S/C22H15F7O3/c1-14-2-4-15(5-3-14)20(23,24)30-17-8-6-16(7-9-17)21(25,26)31-18-10-12-19(13-11-18)32-22(27,28)29/h2-13H,1H3. The molecular formula is C22H15F7O3. The van der Waals surface area contributed by atoms with E-state index in [1.165, 1.54) is 24.3 Å². The average Bonchev–Trinajstić information content (AvgIpc) is 2.69. The van der Waals surface area contributed by atoms with Crippen LogP contribution in [0.2, 0.25) is 0 Å². The second-order valence-corrected chi connectivity index (χ2v) is 6.65. The van der Waals surface area contributed by atoms with E-state index in [9.17, 15) is 30.7 Å². The highest BCUT2D eigenvalue weighted by Gasteiger charge is 2.37. The molecule has 0 atom stereocenters. The molecule has 3 nitrogen and oxygen atoms in total. The van der Waals surface area contributed by atoms with Gasteiger partial charge in [-0.2, -0.15) is 17.6 Å². The van der Waals surface area contributed by atoms with Crippen molar-refractivity contribution in [2.75, 3.05) is 0 Å². The van der Waals surface area contributed by atoms with Crippen molar-refractivity contribution in [3.8, 4) is 17.2 Å². The topological polar surface area (TPSA) is 27.7 Å². The molecule has 3 aromatic rings. The fourth-order valence-electron chi connectivity index (χ4n) is 2.59. The second-order valence-electron chi connectivity index (χ2n) is 6.65. The Labute approximate surface area is 178 Å². The number of halogens is 7. The van der Waals surface area contributed by atoms with Gasteiger partial charge >= 0.3 is 18.6 Å². The SMILES string of the molecule is Cc1ccc(C(F)(F)Oc2ccc(C(F)(F)Oc3ccc(OC(F)(F)F)cc3)cc2)cc1. The summed E-state index contributed by atoms with van der Waals surface area (Å²) in [5.74, 6) is -1.40. The van der Waals surface area contributed by atoms with E-state index in [1.807, 2.05) is 0 Å². The summed E-state index contributed by atoms with van der Waals surface area (Å²) in [6.07, 6.45) is -12.5. The summed E-state index contributed by atoms with van der Waals surface area (Å²) in [6, 6.07) is 12.2. The molecule has 170 valence electrons. The van der Waals surface area contributed by atoms with Crippen LogP contribution < -0.4 is 14.2 Å². The number of alkyl halides is 7. The molecule has 3 aromatic carbocycles. The minimum atomic E-state index is -4.92. The Morgan fingerprint density at radius 3 is 1.16 bits per heavy atom. The molecule has 32 heavy (non-hydrogen) atoms. The first-order chi connectivity index (χ1) is 14.8. The largest absolute Gasteiger partial charge is 0.573 e. The van der Waals surface area contributed by atoms with Crippen LogP contribution in [0.15, 0.2) is 72.8 Å². The third-order valence-electron chi connectivity index (χ3n) is 4.13. The van der Waals surface area contributed by atoms with Crippen molar-refractivity contribution in [3.05, 3.63) is 89.5 Å². The molecule has 0 heterocycles. The van der Waals surface area contributed by atoms with Crippen molar-refractivity contribution in [2.45, 2.75) is 25.5 Å². The molecule has 0 saturated heterocycles. The Kier molecular flexibility index (Phi) is 6.25. The van der Waals surface area contributed by atoms with Crippen LogP contribution in [0.25, 0.3) is 0 Å². The van der Waals surface area contributed by atoms with E-state index >= 15 is 0 Å². The van der Waals surface area contributed by atoms with E-state index in [2.05, 4.69) is 14.2 Å². The first kappa shape index (κ1) is 23.2. The Morgan fingerprint density at radius 2 is 0.781 bits per heavy atom. The summed E-state index contributed by atoms with van der Waals surface area (Å²) in [7, 11) is 0. The molecule has 0 aliphatic rings. The molecule has 0 spiro atoms. The highest BCUT2D eigenvalue weighted by Crippen LogP contribution is 2.36. The Balaban J connectivity index is 1.68.